The summed E-state index contributed by atoms with van der Waals surface area (Å²) in [5, 5.41) is 13.2. The van der Waals surface area contributed by atoms with Crippen LogP contribution in [-0.2, 0) is 16.0 Å². The molecule has 0 spiro atoms. The van der Waals surface area contributed by atoms with Gasteiger partial charge in [-0.15, -0.1) is 0 Å². The summed E-state index contributed by atoms with van der Waals surface area (Å²) in [6, 6.07) is 8.72. The first kappa shape index (κ1) is 16.2. The van der Waals surface area contributed by atoms with E-state index in [1.165, 1.54) is 4.90 Å². The number of piperidine rings is 1. The normalized spacial score (nSPS) is 17.7. The molecule has 1 N–H and O–H groups in total. The summed E-state index contributed by atoms with van der Waals surface area (Å²) in [4.78, 5) is 29.4. The van der Waals surface area contributed by atoms with Crippen LogP contribution in [0.5, 0.6) is 0 Å². The maximum absolute atomic E-state index is 12.3. The molecule has 24 heavy (non-hydrogen) atoms. The average Bonchev–Trinajstić information content (AvgIpc) is 3.09. The van der Waals surface area contributed by atoms with E-state index in [4.69, 9.17) is 4.52 Å². The molecule has 1 atom stereocenters. The van der Waals surface area contributed by atoms with Crippen molar-refractivity contribution in [1.29, 1.82) is 0 Å². The Kier molecular flexibility index (Phi) is 4.88. The molecular formula is C17H19N3O4. The number of carbonyl (C=O) groups excluding carboxylic acids is 1. The molecule has 1 amide bonds. The summed E-state index contributed by atoms with van der Waals surface area (Å²) >= 11 is 0. The number of amides is 1. The van der Waals surface area contributed by atoms with E-state index in [-0.39, 0.29) is 12.3 Å². The first-order valence-corrected chi connectivity index (χ1v) is 8.05. The van der Waals surface area contributed by atoms with Crippen molar-refractivity contribution >= 4 is 11.9 Å². The molecule has 2 heterocycles. The quantitative estimate of drug-likeness (QED) is 0.902. The number of benzene rings is 1. The second-order valence-corrected chi connectivity index (χ2v) is 5.81. The smallest absolute Gasteiger partial charge is 0.326 e. The molecule has 1 aliphatic rings. The molecule has 1 aromatic heterocycles. The van der Waals surface area contributed by atoms with Gasteiger partial charge in [-0.25, -0.2) is 4.79 Å². The summed E-state index contributed by atoms with van der Waals surface area (Å²) < 4.78 is 5.18. The Balaban J connectivity index is 1.60. The molecule has 0 radical (unpaired) electrons. The van der Waals surface area contributed by atoms with Gasteiger partial charge in [0.25, 0.3) is 0 Å². The summed E-state index contributed by atoms with van der Waals surface area (Å²) in [5.41, 5.74) is 0.848. The molecular weight excluding hydrogens is 310 g/mol. The minimum absolute atomic E-state index is 0.167. The van der Waals surface area contributed by atoms with Crippen molar-refractivity contribution in [3.63, 3.8) is 0 Å². The van der Waals surface area contributed by atoms with E-state index < -0.39 is 12.0 Å². The van der Waals surface area contributed by atoms with Crippen molar-refractivity contribution < 1.29 is 19.2 Å². The van der Waals surface area contributed by atoms with Crippen LogP contribution in [-0.4, -0.2) is 44.6 Å². The van der Waals surface area contributed by atoms with Crippen LogP contribution < -0.4 is 0 Å². The Morgan fingerprint density at radius 3 is 2.79 bits per heavy atom. The molecule has 7 nitrogen and oxygen atoms in total. The van der Waals surface area contributed by atoms with Gasteiger partial charge in [-0.2, -0.15) is 4.98 Å². The number of likely N-dealkylation sites (tertiary alicyclic amines) is 1. The summed E-state index contributed by atoms with van der Waals surface area (Å²) in [7, 11) is 0. The SMILES string of the molecule is O=C(O)C1CCCCN1C(=O)CCc1nc(-c2ccccc2)no1. The summed E-state index contributed by atoms with van der Waals surface area (Å²) in [6.45, 7) is 0.495. The minimum atomic E-state index is -0.938. The number of aryl methyl sites for hydroxylation is 1. The number of rotatable bonds is 5. The predicted octanol–water partition coefficient (Wildman–Crippen LogP) is 2.13. The Morgan fingerprint density at radius 1 is 1.25 bits per heavy atom. The monoisotopic (exact) mass is 329 g/mol. The van der Waals surface area contributed by atoms with Crippen molar-refractivity contribution in [2.24, 2.45) is 0 Å². The zero-order valence-electron chi connectivity index (χ0n) is 13.2. The van der Waals surface area contributed by atoms with Gasteiger partial charge < -0.3 is 14.5 Å². The molecule has 1 aromatic carbocycles. The third-order valence-electron chi connectivity index (χ3n) is 4.16. The topological polar surface area (TPSA) is 96.5 Å². The van der Waals surface area contributed by atoms with Gasteiger partial charge in [-0.05, 0) is 19.3 Å². The van der Waals surface area contributed by atoms with E-state index in [2.05, 4.69) is 10.1 Å². The van der Waals surface area contributed by atoms with Gasteiger partial charge in [0, 0.05) is 24.9 Å². The average molecular weight is 329 g/mol. The number of hydrogen-bond donors (Lipinski definition) is 1. The Bertz CT molecular complexity index is 714. The molecule has 126 valence electrons. The number of aromatic nitrogens is 2. The lowest BCUT2D eigenvalue weighted by molar-refractivity contribution is -0.152. The van der Waals surface area contributed by atoms with E-state index in [0.29, 0.717) is 31.1 Å². The molecule has 0 aliphatic carbocycles. The predicted molar refractivity (Wildman–Crippen MR) is 85.0 cm³/mol. The van der Waals surface area contributed by atoms with Crippen molar-refractivity contribution in [3.8, 4) is 11.4 Å². The first-order chi connectivity index (χ1) is 11.6. The van der Waals surface area contributed by atoms with Crippen LogP contribution in [0.2, 0.25) is 0 Å². The van der Waals surface area contributed by atoms with Gasteiger partial charge in [-0.1, -0.05) is 35.5 Å². The lowest BCUT2D eigenvalue weighted by Gasteiger charge is -2.32. The van der Waals surface area contributed by atoms with Crippen molar-refractivity contribution in [1.82, 2.24) is 15.0 Å². The zero-order chi connectivity index (χ0) is 16.9. The van der Waals surface area contributed by atoms with Crippen LogP contribution in [0, 0.1) is 0 Å². The fraction of sp³-hybridized carbons (Fsp3) is 0.412. The molecule has 1 saturated heterocycles. The standard InChI is InChI=1S/C17H19N3O4/c21-15(20-11-5-4-8-13(20)17(22)23)10-9-14-18-16(19-24-14)12-6-2-1-3-7-12/h1-3,6-7,13H,4-5,8-11H2,(H,22,23). The minimum Gasteiger partial charge on any atom is -0.480 e. The van der Waals surface area contributed by atoms with Crippen LogP contribution in [0.1, 0.15) is 31.6 Å². The molecule has 0 bridgehead atoms. The largest absolute Gasteiger partial charge is 0.480 e. The highest BCUT2D eigenvalue weighted by Crippen LogP contribution is 2.19. The summed E-state index contributed by atoms with van der Waals surface area (Å²) in [6.07, 6.45) is 2.67. The molecule has 1 fully saturated rings. The number of hydrogen-bond acceptors (Lipinski definition) is 5. The van der Waals surface area contributed by atoms with E-state index in [9.17, 15) is 14.7 Å². The fourth-order valence-electron chi connectivity index (χ4n) is 2.91. The van der Waals surface area contributed by atoms with Crippen LogP contribution >= 0.6 is 0 Å². The lowest BCUT2D eigenvalue weighted by atomic mass is 10.0. The number of nitrogens with zero attached hydrogens (tertiary/aromatic N) is 3. The van der Waals surface area contributed by atoms with E-state index >= 15 is 0 Å². The molecule has 0 saturated carbocycles. The Hall–Kier alpha value is -2.70. The molecule has 2 aromatic rings. The molecule has 1 unspecified atom stereocenters. The second-order valence-electron chi connectivity index (χ2n) is 5.81. The summed E-state index contributed by atoms with van der Waals surface area (Å²) in [5.74, 6) is -0.251. The second kappa shape index (κ2) is 7.25. The van der Waals surface area contributed by atoms with Gasteiger partial charge in [0.2, 0.25) is 17.6 Å². The van der Waals surface area contributed by atoms with E-state index in [0.717, 1.165) is 18.4 Å². The number of carbonyl (C=O) groups is 2. The van der Waals surface area contributed by atoms with E-state index in [1.54, 1.807) is 0 Å². The van der Waals surface area contributed by atoms with Gasteiger partial charge in [0.05, 0.1) is 0 Å². The number of aliphatic carboxylic acids is 1. The highest BCUT2D eigenvalue weighted by molar-refractivity contribution is 5.83. The third kappa shape index (κ3) is 3.61. The van der Waals surface area contributed by atoms with Gasteiger partial charge in [0.1, 0.15) is 6.04 Å². The maximum atomic E-state index is 12.3. The highest BCUT2D eigenvalue weighted by Gasteiger charge is 2.31. The van der Waals surface area contributed by atoms with Gasteiger partial charge in [0.15, 0.2) is 0 Å². The van der Waals surface area contributed by atoms with Crippen LogP contribution in [0.4, 0.5) is 0 Å². The van der Waals surface area contributed by atoms with Gasteiger partial charge in [-0.3, -0.25) is 4.79 Å². The third-order valence-corrected chi connectivity index (χ3v) is 4.16. The van der Waals surface area contributed by atoms with Crippen molar-refractivity contribution in [2.75, 3.05) is 6.54 Å². The van der Waals surface area contributed by atoms with Crippen LogP contribution in [0.15, 0.2) is 34.9 Å². The molecule has 7 heteroatoms. The maximum Gasteiger partial charge on any atom is 0.326 e. The number of carboxylic acids is 1. The highest BCUT2D eigenvalue weighted by atomic mass is 16.5. The van der Waals surface area contributed by atoms with Gasteiger partial charge >= 0.3 is 5.97 Å². The zero-order valence-corrected chi connectivity index (χ0v) is 13.2. The first-order valence-electron chi connectivity index (χ1n) is 8.05. The Labute approximate surface area is 139 Å². The fourth-order valence-corrected chi connectivity index (χ4v) is 2.91. The van der Waals surface area contributed by atoms with Crippen LogP contribution in [0.25, 0.3) is 11.4 Å². The van der Waals surface area contributed by atoms with Crippen molar-refractivity contribution in [3.05, 3.63) is 36.2 Å². The van der Waals surface area contributed by atoms with Crippen molar-refractivity contribution in [2.45, 2.75) is 38.1 Å². The Morgan fingerprint density at radius 2 is 2.04 bits per heavy atom. The van der Waals surface area contributed by atoms with E-state index in [1.807, 2.05) is 30.3 Å². The lowest BCUT2D eigenvalue weighted by Crippen LogP contribution is -2.48. The molecule has 3 rings (SSSR count). The number of carboxylic acid groups (broad SMARTS) is 1. The van der Waals surface area contributed by atoms with Crippen LogP contribution in [0.3, 0.4) is 0 Å². The molecule has 1 aliphatic heterocycles.